The summed E-state index contributed by atoms with van der Waals surface area (Å²) in [5, 5.41) is 4.59. The fourth-order valence-corrected chi connectivity index (χ4v) is 2.93. The van der Waals surface area contributed by atoms with Gasteiger partial charge in [0.1, 0.15) is 5.52 Å². The molecule has 0 aliphatic carbocycles. The monoisotopic (exact) mass is 291 g/mol. The third-order valence-corrected chi connectivity index (χ3v) is 4.04. The Hall–Kier alpha value is -1.52. The van der Waals surface area contributed by atoms with E-state index < -0.39 is 0 Å². The zero-order chi connectivity index (χ0) is 15.2. The van der Waals surface area contributed by atoms with Crippen molar-refractivity contribution in [1.29, 1.82) is 0 Å². The lowest BCUT2D eigenvalue weighted by molar-refractivity contribution is 0.560. The van der Waals surface area contributed by atoms with E-state index in [1.165, 1.54) is 32.1 Å². The SMILES string of the molecule is CCCCCCCCn1c(N)nc2c(CCC)nn(C)c21. The van der Waals surface area contributed by atoms with Gasteiger partial charge in [-0.2, -0.15) is 5.10 Å². The summed E-state index contributed by atoms with van der Waals surface area (Å²) in [6.07, 6.45) is 9.77. The van der Waals surface area contributed by atoms with Gasteiger partial charge in [-0.3, -0.25) is 9.25 Å². The van der Waals surface area contributed by atoms with Crippen LogP contribution in [0.25, 0.3) is 11.2 Å². The first kappa shape index (κ1) is 15.9. The van der Waals surface area contributed by atoms with Gasteiger partial charge in [-0.1, -0.05) is 52.4 Å². The van der Waals surface area contributed by atoms with Crippen molar-refractivity contribution in [2.75, 3.05) is 5.73 Å². The van der Waals surface area contributed by atoms with Crippen molar-refractivity contribution >= 4 is 17.1 Å². The number of anilines is 1. The lowest BCUT2D eigenvalue weighted by Gasteiger charge is -2.06. The molecule has 0 spiro atoms. The summed E-state index contributed by atoms with van der Waals surface area (Å²) >= 11 is 0. The summed E-state index contributed by atoms with van der Waals surface area (Å²) in [6.45, 7) is 5.36. The molecule has 2 aromatic rings. The van der Waals surface area contributed by atoms with Gasteiger partial charge >= 0.3 is 0 Å². The number of rotatable bonds is 9. The molecule has 2 N–H and O–H groups in total. The highest BCUT2D eigenvalue weighted by Crippen LogP contribution is 2.22. The molecule has 0 aliphatic heterocycles. The molecule has 2 heterocycles. The number of nitrogens with two attached hydrogens (primary N) is 1. The molecule has 0 saturated carbocycles. The van der Waals surface area contributed by atoms with Crippen molar-refractivity contribution in [2.24, 2.45) is 7.05 Å². The topological polar surface area (TPSA) is 61.7 Å². The Bertz CT molecular complexity index is 567. The lowest BCUT2D eigenvalue weighted by atomic mass is 10.1. The van der Waals surface area contributed by atoms with Crippen molar-refractivity contribution in [2.45, 2.75) is 71.8 Å². The molecular formula is C16H29N5. The van der Waals surface area contributed by atoms with Crippen molar-refractivity contribution in [3.05, 3.63) is 5.69 Å². The van der Waals surface area contributed by atoms with Gasteiger partial charge < -0.3 is 5.73 Å². The first-order valence-electron chi connectivity index (χ1n) is 8.36. The predicted octanol–water partition coefficient (Wildman–Crippen LogP) is 3.67. The van der Waals surface area contributed by atoms with E-state index in [2.05, 4.69) is 28.5 Å². The van der Waals surface area contributed by atoms with E-state index in [1.807, 2.05) is 11.7 Å². The molecule has 0 radical (unpaired) electrons. The van der Waals surface area contributed by atoms with Crippen LogP contribution in [0, 0.1) is 0 Å². The van der Waals surface area contributed by atoms with Crippen LogP contribution < -0.4 is 5.73 Å². The summed E-state index contributed by atoms with van der Waals surface area (Å²) in [5.41, 5.74) is 9.24. The van der Waals surface area contributed by atoms with Crippen molar-refractivity contribution < 1.29 is 0 Å². The first-order valence-corrected chi connectivity index (χ1v) is 8.36. The third kappa shape index (κ3) is 3.57. The van der Waals surface area contributed by atoms with Crippen LogP contribution in [0.4, 0.5) is 5.95 Å². The van der Waals surface area contributed by atoms with Crippen LogP contribution in [0.5, 0.6) is 0 Å². The molecule has 0 unspecified atom stereocenters. The second kappa shape index (κ2) is 7.48. The molecule has 5 nitrogen and oxygen atoms in total. The summed E-state index contributed by atoms with van der Waals surface area (Å²) in [6, 6.07) is 0. The number of aromatic nitrogens is 4. The van der Waals surface area contributed by atoms with Gasteiger partial charge in [-0.25, -0.2) is 4.98 Å². The Morgan fingerprint density at radius 1 is 1.00 bits per heavy atom. The maximum absolute atomic E-state index is 6.10. The summed E-state index contributed by atoms with van der Waals surface area (Å²) in [5.74, 6) is 0.629. The summed E-state index contributed by atoms with van der Waals surface area (Å²) < 4.78 is 4.06. The van der Waals surface area contributed by atoms with Crippen molar-refractivity contribution in [1.82, 2.24) is 19.3 Å². The molecule has 2 aromatic heterocycles. The number of nitrogen functional groups attached to an aromatic ring is 1. The zero-order valence-electron chi connectivity index (χ0n) is 13.7. The van der Waals surface area contributed by atoms with Gasteiger partial charge in [0.05, 0.1) is 5.69 Å². The smallest absolute Gasteiger partial charge is 0.202 e. The Labute approximate surface area is 127 Å². The zero-order valence-corrected chi connectivity index (χ0v) is 13.7. The Morgan fingerprint density at radius 3 is 2.43 bits per heavy atom. The minimum Gasteiger partial charge on any atom is -0.369 e. The maximum atomic E-state index is 6.10. The number of nitrogens with zero attached hydrogens (tertiary/aromatic N) is 4. The minimum atomic E-state index is 0.629. The molecular weight excluding hydrogens is 262 g/mol. The van der Waals surface area contributed by atoms with Crippen LogP contribution in [0.1, 0.15) is 64.5 Å². The van der Waals surface area contributed by atoms with Crippen LogP contribution in [0.2, 0.25) is 0 Å². The van der Waals surface area contributed by atoms with E-state index in [-0.39, 0.29) is 0 Å². The number of unbranched alkanes of at least 4 members (excludes halogenated alkanes) is 5. The first-order chi connectivity index (χ1) is 10.2. The molecule has 0 atom stereocenters. The minimum absolute atomic E-state index is 0.629. The highest BCUT2D eigenvalue weighted by Gasteiger charge is 2.16. The van der Waals surface area contributed by atoms with E-state index in [9.17, 15) is 0 Å². The van der Waals surface area contributed by atoms with Gasteiger partial charge in [0.15, 0.2) is 5.65 Å². The normalized spacial score (nSPS) is 11.6. The Balaban J connectivity index is 2.04. The number of hydrogen-bond donors (Lipinski definition) is 1. The standard InChI is InChI=1S/C16H29N5/c1-4-6-7-8-9-10-12-21-15-14(18-16(21)17)13(11-5-2)19-20(15)3/h4-12H2,1-3H3,(H2,17,18). The maximum Gasteiger partial charge on any atom is 0.202 e. The Kier molecular flexibility index (Phi) is 5.65. The van der Waals surface area contributed by atoms with Crippen LogP contribution in [0.15, 0.2) is 0 Å². The van der Waals surface area contributed by atoms with Gasteiger partial charge in [0.2, 0.25) is 5.95 Å². The summed E-state index contributed by atoms with van der Waals surface area (Å²) in [4.78, 5) is 4.54. The average Bonchev–Trinajstić information content (AvgIpc) is 2.93. The molecule has 0 bridgehead atoms. The molecule has 5 heteroatoms. The third-order valence-electron chi connectivity index (χ3n) is 4.04. The van der Waals surface area contributed by atoms with E-state index in [1.54, 1.807) is 0 Å². The largest absolute Gasteiger partial charge is 0.369 e. The van der Waals surface area contributed by atoms with Crippen LogP contribution >= 0.6 is 0 Å². The number of hydrogen-bond acceptors (Lipinski definition) is 3. The van der Waals surface area contributed by atoms with Crippen LogP contribution in [-0.4, -0.2) is 19.3 Å². The second-order valence-corrected chi connectivity index (χ2v) is 5.88. The molecule has 118 valence electrons. The Morgan fingerprint density at radius 2 is 1.71 bits per heavy atom. The molecule has 21 heavy (non-hydrogen) atoms. The van der Waals surface area contributed by atoms with Gasteiger partial charge in [0.25, 0.3) is 0 Å². The number of fused-ring (bicyclic) bond motifs is 1. The van der Waals surface area contributed by atoms with Crippen LogP contribution in [-0.2, 0) is 20.0 Å². The van der Waals surface area contributed by atoms with Crippen molar-refractivity contribution in [3.8, 4) is 0 Å². The second-order valence-electron chi connectivity index (χ2n) is 5.88. The fraction of sp³-hybridized carbons (Fsp3) is 0.750. The number of aryl methyl sites for hydroxylation is 3. The highest BCUT2D eigenvalue weighted by atomic mass is 15.3. The van der Waals surface area contributed by atoms with Gasteiger partial charge in [0, 0.05) is 13.6 Å². The predicted molar refractivity (Wildman–Crippen MR) is 88.3 cm³/mol. The van der Waals surface area contributed by atoms with E-state index >= 15 is 0 Å². The molecule has 0 fully saturated rings. The van der Waals surface area contributed by atoms with E-state index in [4.69, 9.17) is 5.73 Å². The summed E-state index contributed by atoms with van der Waals surface area (Å²) in [7, 11) is 1.99. The van der Waals surface area contributed by atoms with Gasteiger partial charge in [-0.15, -0.1) is 0 Å². The van der Waals surface area contributed by atoms with Gasteiger partial charge in [-0.05, 0) is 12.8 Å². The quantitative estimate of drug-likeness (QED) is 0.717. The molecule has 0 saturated heterocycles. The molecule has 0 amide bonds. The highest BCUT2D eigenvalue weighted by molar-refractivity contribution is 5.77. The molecule has 0 aromatic carbocycles. The molecule has 0 aliphatic rings. The number of imidazole rings is 1. The molecule has 2 rings (SSSR count). The van der Waals surface area contributed by atoms with Crippen LogP contribution in [0.3, 0.4) is 0 Å². The van der Waals surface area contributed by atoms with E-state index in [0.717, 1.165) is 42.7 Å². The average molecular weight is 291 g/mol. The van der Waals surface area contributed by atoms with Crippen molar-refractivity contribution in [3.63, 3.8) is 0 Å². The lowest BCUT2D eigenvalue weighted by Crippen LogP contribution is -2.07. The van der Waals surface area contributed by atoms with E-state index in [0.29, 0.717) is 5.95 Å². The fourth-order valence-electron chi connectivity index (χ4n) is 2.93.